The van der Waals surface area contributed by atoms with E-state index in [1.54, 1.807) is 30.1 Å². The molecule has 3 N–H and O–H groups in total. The maximum absolute atomic E-state index is 15.9. The summed E-state index contributed by atoms with van der Waals surface area (Å²) < 4.78 is 64.0. The van der Waals surface area contributed by atoms with Gasteiger partial charge in [-0.3, -0.25) is 4.68 Å². The Hall–Kier alpha value is -4.52. The van der Waals surface area contributed by atoms with Gasteiger partial charge in [-0.25, -0.2) is 17.6 Å². The molecule has 74 heavy (non-hydrogen) atoms. The standard InChI is InChI=1S/C32H45F2N6.C28H28ClF2N.CH3.Na/c1-6-35-22(2)12-15-37(4)32-27-18-28(33)29(30(34)31(27)38(5)36-32)26-13-16-39(17-14-26)19-24-20-40(21-24)23(3)25-10-8-7-9-11-25;1-5-9-18-12-13-21(17(3)32)24(27(18)31)25-23-16(2)28(4,20-10-7-6-8-11-20)15-19(23)14-22(30)26(25)29;;/h6-7,18,24-26,35H,1-3,8-17,19-21H2,4-5H3;6-8,10-14,16H,3,5,9,15,32H2,1-2,4H3;1H3;/q-1;;-1;+1/t;16-,28?;;/m.0../s1. The number of allylic oxidation sites excluding steroid dienone is 1. The molecule has 13 heteroatoms. The van der Waals surface area contributed by atoms with Crippen molar-refractivity contribution in [1.82, 2.24) is 24.9 Å². The van der Waals surface area contributed by atoms with Crippen LogP contribution in [0.2, 0.25) is 5.02 Å². The van der Waals surface area contributed by atoms with Gasteiger partial charge >= 0.3 is 29.6 Å². The molecule has 4 aliphatic rings. The molecule has 7 nitrogen and oxygen atoms in total. The zero-order valence-corrected chi connectivity index (χ0v) is 47.8. The molecule has 0 amide bonds. The van der Waals surface area contributed by atoms with Crippen LogP contribution in [0.1, 0.15) is 117 Å². The zero-order chi connectivity index (χ0) is 51.6. The maximum atomic E-state index is 15.9. The molecular formula is C61H76ClF4N7Na-. The summed E-state index contributed by atoms with van der Waals surface area (Å²) in [5.74, 6) is -0.118. The van der Waals surface area contributed by atoms with E-state index in [1.165, 1.54) is 43.5 Å². The molecule has 2 aliphatic heterocycles. The molecule has 5 aromatic rings. The molecule has 0 bridgehead atoms. The molecule has 1 saturated carbocycles. The Kier molecular flexibility index (Phi) is 19.9. The molecule has 4 aromatic carbocycles. The first-order valence-electron chi connectivity index (χ1n) is 25.9. The molecule has 3 heterocycles. The summed E-state index contributed by atoms with van der Waals surface area (Å²) in [5, 5.41) is 7.98. The Morgan fingerprint density at radius 1 is 0.959 bits per heavy atom. The minimum absolute atomic E-state index is 0. The van der Waals surface area contributed by atoms with Gasteiger partial charge in [0.25, 0.3) is 0 Å². The molecule has 392 valence electrons. The number of nitrogens with one attached hydrogen (secondary N) is 1. The first-order chi connectivity index (χ1) is 34.5. The van der Waals surface area contributed by atoms with E-state index in [9.17, 15) is 0 Å². The second-order valence-corrected chi connectivity index (χ2v) is 21.4. The predicted molar refractivity (Wildman–Crippen MR) is 296 cm³/mol. The quantitative estimate of drug-likeness (QED) is 0.0583. The number of hydrogen-bond donors (Lipinski definition) is 2. The largest absolute Gasteiger partial charge is 1.00 e. The summed E-state index contributed by atoms with van der Waals surface area (Å²) in [4.78, 5) is 6.87. The van der Waals surface area contributed by atoms with E-state index in [1.807, 2.05) is 37.1 Å². The smallest absolute Gasteiger partial charge is 0.399 e. The molecule has 9 rings (SSSR count). The second kappa shape index (κ2) is 25.1. The third-order valence-electron chi connectivity index (χ3n) is 16.3. The van der Waals surface area contributed by atoms with E-state index in [4.69, 9.17) is 17.3 Å². The van der Waals surface area contributed by atoms with E-state index in [2.05, 4.69) is 78.9 Å². The third-order valence-corrected chi connectivity index (χ3v) is 16.7. The Morgan fingerprint density at radius 3 is 2.27 bits per heavy atom. The van der Waals surface area contributed by atoms with Crippen molar-refractivity contribution in [2.45, 2.75) is 102 Å². The Balaban J connectivity index is 0.000000240. The molecule has 1 unspecified atom stereocenters. The van der Waals surface area contributed by atoms with Crippen LogP contribution in [0, 0.1) is 49.0 Å². The van der Waals surface area contributed by atoms with E-state index in [0.29, 0.717) is 71.1 Å². The van der Waals surface area contributed by atoms with Crippen molar-refractivity contribution in [3.63, 3.8) is 0 Å². The molecular weight excluding hydrogens is 965 g/mol. The fourth-order valence-electron chi connectivity index (χ4n) is 12.1. The minimum Gasteiger partial charge on any atom is -0.399 e. The fraction of sp³-hybridized carbons (Fsp3) is 0.426. The van der Waals surface area contributed by atoms with Crippen LogP contribution >= 0.6 is 11.6 Å². The number of nitrogens with zero attached hydrogens (tertiary/aromatic N) is 5. The number of rotatable bonds is 16. The van der Waals surface area contributed by atoms with E-state index in [0.717, 1.165) is 74.4 Å². The van der Waals surface area contributed by atoms with E-state index < -0.39 is 23.3 Å². The van der Waals surface area contributed by atoms with Crippen LogP contribution in [-0.2, 0) is 25.3 Å². The first kappa shape index (κ1) is 58.7. The number of piperidine rings is 1. The third kappa shape index (κ3) is 11.9. The van der Waals surface area contributed by atoms with Gasteiger partial charge in [-0.2, -0.15) is 17.9 Å². The average molecular weight is 1040 g/mol. The average Bonchev–Trinajstić information content (AvgIpc) is 3.82. The van der Waals surface area contributed by atoms with Gasteiger partial charge < -0.3 is 39.6 Å². The van der Waals surface area contributed by atoms with Crippen LogP contribution in [0.15, 0.2) is 98.5 Å². The summed E-state index contributed by atoms with van der Waals surface area (Å²) in [5.41, 5.74) is 13.4. The second-order valence-electron chi connectivity index (χ2n) is 21.1. The van der Waals surface area contributed by atoms with Gasteiger partial charge in [0, 0.05) is 97.4 Å². The number of likely N-dealkylation sites (tertiary alicyclic amines) is 2. The minimum atomic E-state index is -0.543. The maximum Gasteiger partial charge on any atom is 1.00 e. The number of benzene rings is 4. The normalized spacial score (nSPS) is 19.1. The van der Waals surface area contributed by atoms with E-state index >= 15 is 17.6 Å². The van der Waals surface area contributed by atoms with Gasteiger partial charge in [-0.15, -0.1) is 0 Å². The molecule has 0 radical (unpaired) electrons. The number of hydrogen-bond acceptors (Lipinski definition) is 6. The van der Waals surface area contributed by atoms with Crippen molar-refractivity contribution in [3.8, 4) is 11.1 Å². The Labute approximate surface area is 466 Å². The van der Waals surface area contributed by atoms with Crippen LogP contribution in [0.5, 0.6) is 0 Å². The molecule has 0 spiro atoms. The summed E-state index contributed by atoms with van der Waals surface area (Å²) in [7, 11) is 3.61. The summed E-state index contributed by atoms with van der Waals surface area (Å²) in [6.07, 6.45) is 13.1. The van der Waals surface area contributed by atoms with Crippen LogP contribution in [0.25, 0.3) is 27.7 Å². The molecule has 1 aromatic heterocycles. The number of halogens is 5. The van der Waals surface area contributed by atoms with Crippen molar-refractivity contribution in [1.29, 1.82) is 0 Å². The van der Waals surface area contributed by atoms with Gasteiger partial charge in [-0.05, 0) is 97.1 Å². The van der Waals surface area contributed by atoms with Crippen LogP contribution < -0.4 is 45.5 Å². The van der Waals surface area contributed by atoms with Gasteiger partial charge in [-0.1, -0.05) is 120 Å². The molecule has 2 atom stereocenters. The summed E-state index contributed by atoms with van der Waals surface area (Å²) in [6.45, 7) is 27.8. The predicted octanol–water partition coefficient (Wildman–Crippen LogP) is 11.2. The van der Waals surface area contributed by atoms with Gasteiger partial charge in [0.1, 0.15) is 23.0 Å². The number of anilines is 1. The summed E-state index contributed by atoms with van der Waals surface area (Å²) in [6, 6.07) is 16.7. The first-order valence-corrected chi connectivity index (χ1v) is 26.3. The zero-order valence-electron chi connectivity index (χ0n) is 45.0. The number of nitrogens with two attached hydrogens (primary N) is 1. The van der Waals surface area contributed by atoms with Crippen LogP contribution in [0.4, 0.5) is 23.4 Å². The molecule has 2 saturated heterocycles. The molecule has 3 fully saturated rings. The molecule has 2 aliphatic carbocycles. The van der Waals surface area contributed by atoms with Crippen LogP contribution in [-0.4, -0.2) is 65.9 Å². The SMILES string of the molecule is C=C(N)c1ccc(CCC)c(F)c1-c1c(Cl)c(F)cc2c1[C@H](C)C(C)(c1ccccc1)C2.C=CNC(=C)CCN(C)c1nn(C)c2c(F)c(C3CCN(CC4CN(C(=C)C5CC[CH-]CC5)C4)CC3)c(F)cc12.[CH3-].[Na+]. The number of fused-ring (bicyclic) bond motifs is 2. The topological polar surface area (TPSA) is 65.6 Å². The Bertz CT molecular complexity index is 2830. The number of aromatic nitrogens is 2. The fourth-order valence-corrected chi connectivity index (χ4v) is 12.3. The summed E-state index contributed by atoms with van der Waals surface area (Å²) >= 11 is 6.58. The van der Waals surface area contributed by atoms with Gasteiger partial charge in [0.05, 0.1) is 10.4 Å². The van der Waals surface area contributed by atoms with Crippen molar-refractivity contribution in [2.24, 2.45) is 24.6 Å². The van der Waals surface area contributed by atoms with Crippen LogP contribution in [0.3, 0.4) is 0 Å². The van der Waals surface area contributed by atoms with E-state index in [-0.39, 0.29) is 76.1 Å². The van der Waals surface area contributed by atoms with Gasteiger partial charge in [0.15, 0.2) is 11.6 Å². The van der Waals surface area contributed by atoms with Gasteiger partial charge in [0.2, 0.25) is 0 Å². The van der Waals surface area contributed by atoms with Crippen molar-refractivity contribution in [3.05, 3.63) is 174 Å². The van der Waals surface area contributed by atoms with Crippen molar-refractivity contribution in [2.75, 3.05) is 51.2 Å². The number of aryl methyl sites for hydroxylation is 2. The van der Waals surface area contributed by atoms with Crippen molar-refractivity contribution >= 4 is 34.0 Å². The Morgan fingerprint density at radius 2 is 1.64 bits per heavy atom. The monoisotopic (exact) mass is 1040 g/mol. The van der Waals surface area contributed by atoms with Crippen molar-refractivity contribution < 1.29 is 47.1 Å².